The van der Waals surface area contributed by atoms with Gasteiger partial charge in [-0.2, -0.15) is 0 Å². The monoisotopic (exact) mass is 259 g/mol. The zero-order chi connectivity index (χ0) is 13.8. The average Bonchev–Trinajstić information content (AvgIpc) is 2.38. The normalized spacial score (nSPS) is 16.1. The van der Waals surface area contributed by atoms with Crippen LogP contribution in [0.1, 0.15) is 30.4 Å². The number of amides is 1. The predicted octanol–water partition coefficient (Wildman–Crippen LogP) is 2.61. The molecule has 0 aromatic heterocycles. The molecule has 4 heteroatoms. The van der Waals surface area contributed by atoms with E-state index in [1.165, 1.54) is 0 Å². The number of benzene rings is 1. The number of anilines is 1. The molecular weight excluding hydrogens is 242 g/mol. The van der Waals surface area contributed by atoms with Gasteiger partial charge >= 0.3 is 5.97 Å². The van der Waals surface area contributed by atoms with Gasteiger partial charge in [0, 0.05) is 24.7 Å². The molecule has 1 fully saturated rings. The number of rotatable bonds is 3. The number of hydrogen-bond donors (Lipinski definition) is 1. The summed E-state index contributed by atoms with van der Waals surface area (Å²) < 4.78 is 0. The Labute approximate surface area is 112 Å². The van der Waals surface area contributed by atoms with E-state index in [1.54, 1.807) is 11.0 Å². The second-order valence-corrected chi connectivity index (χ2v) is 4.71. The molecular formula is C15H17NO3. The Morgan fingerprint density at radius 3 is 2.84 bits per heavy atom. The van der Waals surface area contributed by atoms with Crippen molar-refractivity contribution in [1.82, 2.24) is 0 Å². The number of carboxylic acid groups (broad SMARTS) is 1. The molecule has 19 heavy (non-hydrogen) atoms. The number of piperidine rings is 1. The lowest BCUT2D eigenvalue weighted by Gasteiger charge is -2.27. The van der Waals surface area contributed by atoms with Crippen molar-refractivity contribution < 1.29 is 14.7 Å². The lowest BCUT2D eigenvalue weighted by atomic mass is 10.0. The van der Waals surface area contributed by atoms with Crippen LogP contribution in [0.15, 0.2) is 24.3 Å². The predicted molar refractivity (Wildman–Crippen MR) is 74.1 cm³/mol. The van der Waals surface area contributed by atoms with Crippen molar-refractivity contribution >= 4 is 23.6 Å². The zero-order valence-electron chi connectivity index (χ0n) is 10.9. The van der Waals surface area contributed by atoms with Crippen LogP contribution >= 0.6 is 0 Å². The number of hydrogen-bond acceptors (Lipinski definition) is 2. The summed E-state index contributed by atoms with van der Waals surface area (Å²) in [7, 11) is 0. The average molecular weight is 259 g/mol. The number of nitrogens with zero attached hydrogens (tertiary/aromatic N) is 1. The molecule has 4 nitrogen and oxygen atoms in total. The van der Waals surface area contributed by atoms with Gasteiger partial charge in [0.2, 0.25) is 5.91 Å². The van der Waals surface area contributed by atoms with Crippen LogP contribution < -0.4 is 4.90 Å². The highest BCUT2D eigenvalue weighted by Gasteiger charge is 2.19. The van der Waals surface area contributed by atoms with Gasteiger partial charge in [0.1, 0.15) is 0 Å². The molecule has 100 valence electrons. The molecule has 1 N–H and O–H groups in total. The molecule has 0 bridgehead atoms. The minimum Gasteiger partial charge on any atom is -0.478 e. The number of carboxylic acids is 1. The number of aliphatic carboxylic acids is 1. The fourth-order valence-corrected chi connectivity index (χ4v) is 2.22. The van der Waals surface area contributed by atoms with E-state index in [0.29, 0.717) is 6.42 Å². The third-order valence-electron chi connectivity index (χ3n) is 3.30. The van der Waals surface area contributed by atoms with Gasteiger partial charge in [-0.15, -0.1) is 0 Å². The molecule has 0 aliphatic carbocycles. The van der Waals surface area contributed by atoms with Crippen molar-refractivity contribution in [2.45, 2.75) is 26.2 Å². The molecule has 1 aliphatic heterocycles. The van der Waals surface area contributed by atoms with Gasteiger partial charge in [0.25, 0.3) is 0 Å². The van der Waals surface area contributed by atoms with Crippen molar-refractivity contribution in [3.8, 4) is 0 Å². The smallest absolute Gasteiger partial charge is 0.328 e. The first-order chi connectivity index (χ1) is 9.08. The van der Waals surface area contributed by atoms with Crippen LogP contribution in [-0.4, -0.2) is 23.5 Å². The number of aryl methyl sites for hydroxylation is 1. The lowest BCUT2D eigenvalue weighted by molar-refractivity contribution is -0.131. The van der Waals surface area contributed by atoms with Crippen molar-refractivity contribution in [2.24, 2.45) is 0 Å². The van der Waals surface area contributed by atoms with Crippen molar-refractivity contribution in [1.29, 1.82) is 0 Å². The molecule has 0 radical (unpaired) electrons. The Morgan fingerprint density at radius 1 is 1.37 bits per heavy atom. The largest absolute Gasteiger partial charge is 0.478 e. The van der Waals surface area contributed by atoms with Crippen molar-refractivity contribution in [3.05, 3.63) is 35.4 Å². The number of carbonyl (C=O) groups excluding carboxylic acids is 1. The minimum atomic E-state index is -0.973. The summed E-state index contributed by atoms with van der Waals surface area (Å²) in [4.78, 5) is 24.2. The topological polar surface area (TPSA) is 57.6 Å². The standard InChI is InChI=1S/C15H17NO3/c1-11-5-7-13(10-12(11)6-8-15(18)19)16-9-3-2-4-14(16)17/h5-8,10H,2-4,9H2,1H3,(H,18,19). The maximum Gasteiger partial charge on any atom is 0.328 e. The summed E-state index contributed by atoms with van der Waals surface area (Å²) in [5.41, 5.74) is 2.67. The Bertz CT molecular complexity index is 534. The van der Waals surface area contributed by atoms with Gasteiger partial charge in [-0.05, 0) is 49.1 Å². The van der Waals surface area contributed by atoms with E-state index in [9.17, 15) is 9.59 Å². The maximum atomic E-state index is 11.9. The zero-order valence-corrected chi connectivity index (χ0v) is 10.9. The van der Waals surface area contributed by atoms with Crippen LogP contribution in [0.3, 0.4) is 0 Å². The quantitative estimate of drug-likeness (QED) is 0.849. The molecule has 0 unspecified atom stereocenters. The maximum absolute atomic E-state index is 11.9. The van der Waals surface area contributed by atoms with Gasteiger partial charge in [-0.3, -0.25) is 4.79 Å². The van der Waals surface area contributed by atoms with E-state index in [0.717, 1.165) is 42.3 Å². The van der Waals surface area contributed by atoms with Crippen LogP contribution in [0.2, 0.25) is 0 Å². The summed E-state index contributed by atoms with van der Waals surface area (Å²) in [6, 6.07) is 5.70. The Hall–Kier alpha value is -2.10. The van der Waals surface area contributed by atoms with Crippen molar-refractivity contribution in [3.63, 3.8) is 0 Å². The van der Waals surface area contributed by atoms with Crippen LogP contribution in [-0.2, 0) is 9.59 Å². The Morgan fingerprint density at radius 2 is 2.16 bits per heavy atom. The second kappa shape index (κ2) is 5.69. The van der Waals surface area contributed by atoms with Crippen LogP contribution in [0.25, 0.3) is 6.08 Å². The summed E-state index contributed by atoms with van der Waals surface area (Å²) in [6.45, 7) is 2.66. The van der Waals surface area contributed by atoms with E-state index >= 15 is 0 Å². The molecule has 1 amide bonds. The fraction of sp³-hybridized carbons (Fsp3) is 0.333. The van der Waals surface area contributed by atoms with Gasteiger partial charge < -0.3 is 10.0 Å². The molecule has 2 rings (SSSR count). The second-order valence-electron chi connectivity index (χ2n) is 4.71. The molecule has 0 saturated carbocycles. The Balaban J connectivity index is 2.29. The lowest BCUT2D eigenvalue weighted by Crippen LogP contribution is -2.35. The molecule has 1 aliphatic rings. The first kappa shape index (κ1) is 13.3. The fourth-order valence-electron chi connectivity index (χ4n) is 2.22. The van der Waals surface area contributed by atoms with Gasteiger partial charge in [-0.1, -0.05) is 6.07 Å². The van der Waals surface area contributed by atoms with E-state index < -0.39 is 5.97 Å². The minimum absolute atomic E-state index is 0.142. The van der Waals surface area contributed by atoms with Crippen LogP contribution in [0.5, 0.6) is 0 Å². The van der Waals surface area contributed by atoms with E-state index in [1.807, 2.05) is 25.1 Å². The SMILES string of the molecule is Cc1ccc(N2CCCCC2=O)cc1C=CC(=O)O. The molecule has 1 aromatic carbocycles. The van der Waals surface area contributed by atoms with Crippen LogP contribution in [0.4, 0.5) is 5.69 Å². The third-order valence-corrected chi connectivity index (χ3v) is 3.30. The van der Waals surface area contributed by atoms with Gasteiger partial charge in [0.05, 0.1) is 0 Å². The first-order valence-corrected chi connectivity index (χ1v) is 6.40. The van der Waals surface area contributed by atoms with Gasteiger partial charge in [-0.25, -0.2) is 4.79 Å². The summed E-state index contributed by atoms with van der Waals surface area (Å²) in [5.74, 6) is -0.831. The molecule has 1 aromatic rings. The van der Waals surface area contributed by atoms with E-state index in [2.05, 4.69) is 0 Å². The van der Waals surface area contributed by atoms with E-state index in [4.69, 9.17) is 5.11 Å². The first-order valence-electron chi connectivity index (χ1n) is 6.40. The number of carbonyl (C=O) groups is 2. The van der Waals surface area contributed by atoms with E-state index in [-0.39, 0.29) is 5.91 Å². The summed E-state index contributed by atoms with van der Waals surface area (Å²) >= 11 is 0. The van der Waals surface area contributed by atoms with Gasteiger partial charge in [0.15, 0.2) is 0 Å². The summed E-state index contributed by atoms with van der Waals surface area (Å²) in [6.07, 6.45) is 5.24. The molecule has 1 saturated heterocycles. The molecule has 0 atom stereocenters. The molecule has 1 heterocycles. The molecule has 0 spiro atoms. The third kappa shape index (κ3) is 3.22. The van der Waals surface area contributed by atoms with Crippen LogP contribution in [0, 0.1) is 6.92 Å². The summed E-state index contributed by atoms with van der Waals surface area (Å²) in [5, 5.41) is 8.67. The highest BCUT2D eigenvalue weighted by atomic mass is 16.4. The van der Waals surface area contributed by atoms with Crippen molar-refractivity contribution in [2.75, 3.05) is 11.4 Å². The highest BCUT2D eigenvalue weighted by molar-refractivity contribution is 5.94. The highest BCUT2D eigenvalue weighted by Crippen LogP contribution is 2.24. The Kier molecular flexibility index (Phi) is 4.00.